The Kier molecular flexibility index (Phi) is 3.56. The molecule has 0 aliphatic heterocycles. The second kappa shape index (κ2) is 5.67. The minimum absolute atomic E-state index is 0.171. The number of nitrogens with zero attached hydrogens (tertiary/aromatic N) is 5. The van der Waals surface area contributed by atoms with Crippen molar-refractivity contribution in [3.63, 3.8) is 0 Å². The van der Waals surface area contributed by atoms with E-state index in [0.717, 1.165) is 29.7 Å². The first-order valence-electron chi connectivity index (χ1n) is 5.75. The fourth-order valence-electron chi connectivity index (χ4n) is 1.48. The molecule has 0 atom stereocenters. The van der Waals surface area contributed by atoms with E-state index in [1.54, 1.807) is 0 Å². The van der Waals surface area contributed by atoms with Gasteiger partial charge in [-0.15, -0.1) is 10.2 Å². The Morgan fingerprint density at radius 2 is 1.81 bits per heavy atom. The molecule has 0 spiro atoms. The molecule has 9 heteroatoms. The van der Waals surface area contributed by atoms with Crippen LogP contribution in [0.1, 0.15) is 0 Å². The van der Waals surface area contributed by atoms with Gasteiger partial charge in [0, 0.05) is 17.3 Å². The van der Waals surface area contributed by atoms with Crippen molar-refractivity contribution in [1.82, 2.24) is 20.2 Å². The van der Waals surface area contributed by atoms with Crippen LogP contribution in [0.4, 0.5) is 5.69 Å². The fourth-order valence-corrected chi connectivity index (χ4v) is 2.05. The maximum Gasteiger partial charge on any atom is 0.305 e. The molecular formula is C12H7N5O3S. The van der Waals surface area contributed by atoms with Gasteiger partial charge in [-0.05, 0) is 12.1 Å². The average molecular weight is 301 g/mol. The number of rotatable bonds is 4. The number of aromatic nitrogens is 4. The molecule has 21 heavy (non-hydrogen) atoms. The van der Waals surface area contributed by atoms with Gasteiger partial charge in [0.2, 0.25) is 5.89 Å². The molecule has 0 N–H and O–H groups in total. The molecule has 0 saturated heterocycles. The third-order valence-corrected chi connectivity index (χ3v) is 3.16. The number of hydrogen-bond donors (Lipinski definition) is 0. The van der Waals surface area contributed by atoms with Crippen LogP contribution in [-0.2, 0) is 0 Å². The van der Waals surface area contributed by atoms with Crippen LogP contribution in [0.25, 0.3) is 11.5 Å². The lowest BCUT2D eigenvalue weighted by atomic mass is 10.2. The Balaban J connectivity index is 1.77. The highest BCUT2D eigenvalue weighted by Gasteiger charge is 2.12. The Bertz CT molecular complexity index is 760. The van der Waals surface area contributed by atoms with Gasteiger partial charge < -0.3 is 4.42 Å². The average Bonchev–Trinajstić information content (AvgIpc) is 2.97. The zero-order chi connectivity index (χ0) is 14.7. The Labute approximate surface area is 122 Å². The summed E-state index contributed by atoms with van der Waals surface area (Å²) >= 11 is 1.04. The van der Waals surface area contributed by atoms with E-state index in [1.165, 1.54) is 0 Å². The largest absolute Gasteiger partial charge is 0.411 e. The van der Waals surface area contributed by atoms with Crippen LogP contribution in [0.5, 0.6) is 0 Å². The summed E-state index contributed by atoms with van der Waals surface area (Å²) in [4.78, 5) is 17.7. The van der Waals surface area contributed by atoms with E-state index >= 15 is 0 Å². The fraction of sp³-hybridized carbons (Fsp3) is 0. The van der Waals surface area contributed by atoms with Crippen molar-refractivity contribution >= 4 is 17.4 Å². The highest BCUT2D eigenvalue weighted by molar-refractivity contribution is 7.98. The number of nitro groups is 1. The third-order valence-electron chi connectivity index (χ3n) is 2.43. The SMILES string of the molecule is O=[N+]([O-])c1cnc(Sc2nnc(-c3ccccc3)o2)nc1. The Hall–Kier alpha value is -2.81. The van der Waals surface area contributed by atoms with Gasteiger partial charge in [-0.25, -0.2) is 9.97 Å². The van der Waals surface area contributed by atoms with Crippen molar-refractivity contribution in [2.75, 3.05) is 0 Å². The molecule has 0 aliphatic rings. The molecule has 0 unspecified atom stereocenters. The van der Waals surface area contributed by atoms with E-state index in [1.807, 2.05) is 30.3 Å². The van der Waals surface area contributed by atoms with Crippen molar-refractivity contribution in [1.29, 1.82) is 0 Å². The predicted octanol–water partition coefficient (Wildman–Crippen LogP) is 2.59. The van der Waals surface area contributed by atoms with Crippen LogP contribution in [0.15, 0.2) is 57.5 Å². The van der Waals surface area contributed by atoms with Gasteiger partial charge in [0.1, 0.15) is 12.4 Å². The van der Waals surface area contributed by atoms with Crippen LogP contribution < -0.4 is 0 Å². The van der Waals surface area contributed by atoms with E-state index in [-0.39, 0.29) is 10.9 Å². The molecule has 104 valence electrons. The molecule has 0 radical (unpaired) electrons. The van der Waals surface area contributed by atoms with Gasteiger partial charge in [-0.2, -0.15) is 0 Å². The third kappa shape index (κ3) is 3.03. The molecule has 3 rings (SSSR count). The topological polar surface area (TPSA) is 108 Å². The van der Waals surface area contributed by atoms with E-state index < -0.39 is 4.92 Å². The lowest BCUT2D eigenvalue weighted by Crippen LogP contribution is -1.92. The van der Waals surface area contributed by atoms with Gasteiger partial charge in [0.05, 0.1) is 4.92 Å². The highest BCUT2D eigenvalue weighted by atomic mass is 32.2. The van der Waals surface area contributed by atoms with Crippen molar-refractivity contribution in [3.8, 4) is 11.5 Å². The minimum Gasteiger partial charge on any atom is -0.411 e. The first kappa shape index (κ1) is 13.2. The number of hydrogen-bond acceptors (Lipinski definition) is 8. The van der Waals surface area contributed by atoms with Crippen molar-refractivity contribution in [2.45, 2.75) is 10.4 Å². The smallest absolute Gasteiger partial charge is 0.305 e. The van der Waals surface area contributed by atoms with Crippen LogP contribution in [-0.4, -0.2) is 25.1 Å². The second-order valence-electron chi connectivity index (χ2n) is 3.82. The van der Waals surface area contributed by atoms with Crippen LogP contribution >= 0.6 is 11.8 Å². The lowest BCUT2D eigenvalue weighted by molar-refractivity contribution is -0.385. The summed E-state index contributed by atoms with van der Waals surface area (Å²) in [5.74, 6) is 0.389. The van der Waals surface area contributed by atoms with E-state index in [2.05, 4.69) is 20.2 Å². The summed E-state index contributed by atoms with van der Waals surface area (Å²) in [7, 11) is 0. The maximum atomic E-state index is 10.5. The van der Waals surface area contributed by atoms with E-state index in [4.69, 9.17) is 4.42 Å². The van der Waals surface area contributed by atoms with E-state index in [9.17, 15) is 10.1 Å². The minimum atomic E-state index is -0.561. The summed E-state index contributed by atoms with van der Waals surface area (Å²) in [6.45, 7) is 0. The molecule has 8 nitrogen and oxygen atoms in total. The molecule has 2 aromatic heterocycles. The predicted molar refractivity (Wildman–Crippen MR) is 72.5 cm³/mol. The first-order chi connectivity index (χ1) is 10.2. The zero-order valence-corrected chi connectivity index (χ0v) is 11.2. The van der Waals surface area contributed by atoms with Gasteiger partial charge in [0.25, 0.3) is 5.22 Å². The Morgan fingerprint density at radius 1 is 1.10 bits per heavy atom. The molecular weight excluding hydrogens is 294 g/mol. The molecule has 0 aliphatic carbocycles. The summed E-state index contributed by atoms with van der Waals surface area (Å²) < 4.78 is 5.48. The van der Waals surface area contributed by atoms with E-state index in [0.29, 0.717) is 11.0 Å². The van der Waals surface area contributed by atoms with Crippen LogP contribution in [0, 0.1) is 10.1 Å². The molecule has 0 fully saturated rings. The Morgan fingerprint density at radius 3 is 2.48 bits per heavy atom. The monoisotopic (exact) mass is 301 g/mol. The first-order valence-corrected chi connectivity index (χ1v) is 6.57. The van der Waals surface area contributed by atoms with Gasteiger partial charge in [-0.3, -0.25) is 10.1 Å². The summed E-state index contributed by atoms with van der Waals surface area (Å²) in [6.07, 6.45) is 2.26. The molecule has 0 saturated carbocycles. The van der Waals surface area contributed by atoms with Gasteiger partial charge in [-0.1, -0.05) is 18.2 Å². The zero-order valence-electron chi connectivity index (χ0n) is 10.4. The lowest BCUT2D eigenvalue weighted by Gasteiger charge is -1.94. The van der Waals surface area contributed by atoms with Gasteiger partial charge in [0.15, 0.2) is 5.16 Å². The summed E-state index contributed by atoms with van der Waals surface area (Å²) in [6, 6.07) is 9.33. The quantitative estimate of drug-likeness (QED) is 0.411. The molecule has 2 heterocycles. The number of benzene rings is 1. The van der Waals surface area contributed by atoms with Crippen LogP contribution in [0.3, 0.4) is 0 Å². The van der Waals surface area contributed by atoms with Crippen molar-refractivity contribution < 1.29 is 9.34 Å². The molecule has 1 aromatic carbocycles. The second-order valence-corrected chi connectivity index (χ2v) is 4.74. The van der Waals surface area contributed by atoms with Crippen molar-refractivity contribution in [3.05, 3.63) is 52.8 Å². The summed E-state index contributed by atoms with van der Waals surface area (Å²) in [5.41, 5.74) is 0.635. The van der Waals surface area contributed by atoms with Gasteiger partial charge >= 0.3 is 5.69 Å². The standard InChI is InChI=1S/C12H7N5O3S/c18-17(19)9-6-13-11(14-7-9)21-12-16-15-10(20-12)8-4-2-1-3-5-8/h1-7H. The normalized spacial score (nSPS) is 10.5. The van der Waals surface area contributed by atoms with Crippen molar-refractivity contribution in [2.24, 2.45) is 0 Å². The molecule has 0 bridgehead atoms. The highest BCUT2D eigenvalue weighted by Crippen LogP contribution is 2.26. The van der Waals surface area contributed by atoms with Crippen LogP contribution in [0.2, 0.25) is 0 Å². The molecule has 3 aromatic rings. The summed E-state index contributed by atoms with van der Waals surface area (Å²) in [5, 5.41) is 18.9. The maximum absolute atomic E-state index is 10.5. The molecule has 0 amide bonds.